The molecule has 0 atom stereocenters. The van der Waals surface area contributed by atoms with Crippen LogP contribution in [0.5, 0.6) is 0 Å². The maximum atomic E-state index is 14.0. The monoisotopic (exact) mass is 302 g/mol. The summed E-state index contributed by atoms with van der Waals surface area (Å²) in [5.41, 5.74) is 0.653. The predicted molar refractivity (Wildman–Crippen MR) is 76.9 cm³/mol. The quantitative estimate of drug-likeness (QED) is 0.782. The van der Waals surface area contributed by atoms with E-state index in [1.165, 1.54) is 12.1 Å². The van der Waals surface area contributed by atoms with Crippen LogP contribution >= 0.6 is 11.6 Å². The molecule has 0 saturated heterocycles. The molecule has 1 aromatic carbocycles. The Morgan fingerprint density at radius 2 is 2.00 bits per heavy atom. The van der Waals surface area contributed by atoms with Crippen molar-refractivity contribution in [1.29, 1.82) is 0 Å². The lowest BCUT2D eigenvalue weighted by Crippen LogP contribution is -2.02. The Morgan fingerprint density at radius 3 is 2.67 bits per heavy atom. The zero-order chi connectivity index (χ0) is 15.0. The number of benzene rings is 1. The minimum Gasteiger partial charge on any atom is -0.478 e. The fourth-order valence-corrected chi connectivity index (χ4v) is 2.28. The van der Waals surface area contributed by atoms with Crippen molar-refractivity contribution in [2.75, 3.05) is 0 Å². The molecule has 0 aliphatic rings. The van der Waals surface area contributed by atoms with E-state index in [2.05, 4.69) is 9.97 Å². The molecule has 0 aliphatic carbocycles. The Bertz CT molecular complexity index is 853. The SMILES string of the molecule is O=C(O)c1cc(-c2ccccn2)nc2c(F)cc(Cl)cc12. The van der Waals surface area contributed by atoms with E-state index in [1.54, 1.807) is 24.4 Å². The van der Waals surface area contributed by atoms with Crippen molar-refractivity contribution in [3.05, 3.63) is 59.0 Å². The lowest BCUT2D eigenvalue weighted by atomic mass is 10.1. The lowest BCUT2D eigenvalue weighted by molar-refractivity contribution is 0.0699. The molecule has 0 unspecified atom stereocenters. The van der Waals surface area contributed by atoms with Crippen molar-refractivity contribution in [2.24, 2.45) is 0 Å². The third-order valence-corrected chi connectivity index (χ3v) is 3.21. The fourth-order valence-electron chi connectivity index (χ4n) is 2.07. The summed E-state index contributed by atoms with van der Waals surface area (Å²) in [4.78, 5) is 19.7. The standard InChI is InChI=1S/C15H8ClFN2O2/c16-8-5-9-10(15(20)21)7-13(12-3-1-2-4-18-12)19-14(9)11(17)6-8/h1-7H,(H,20,21). The Morgan fingerprint density at radius 1 is 1.19 bits per heavy atom. The summed E-state index contributed by atoms with van der Waals surface area (Å²) >= 11 is 5.78. The Balaban J connectivity index is 2.38. The van der Waals surface area contributed by atoms with Crippen LogP contribution in [0, 0.1) is 5.82 Å². The van der Waals surface area contributed by atoms with E-state index in [1.807, 2.05) is 0 Å². The minimum absolute atomic E-state index is 0.0417. The van der Waals surface area contributed by atoms with Gasteiger partial charge in [-0.05, 0) is 30.3 Å². The number of rotatable bonds is 2. The first-order valence-corrected chi connectivity index (χ1v) is 6.38. The van der Waals surface area contributed by atoms with E-state index in [4.69, 9.17) is 11.6 Å². The zero-order valence-electron chi connectivity index (χ0n) is 10.5. The summed E-state index contributed by atoms with van der Waals surface area (Å²) in [5.74, 6) is -1.85. The molecular weight excluding hydrogens is 295 g/mol. The molecule has 0 fully saturated rings. The molecule has 2 heterocycles. The number of aromatic nitrogens is 2. The van der Waals surface area contributed by atoms with Gasteiger partial charge in [-0.1, -0.05) is 17.7 Å². The van der Waals surface area contributed by atoms with Crippen LogP contribution < -0.4 is 0 Å². The minimum atomic E-state index is -1.18. The van der Waals surface area contributed by atoms with Gasteiger partial charge in [-0.2, -0.15) is 0 Å². The van der Waals surface area contributed by atoms with Gasteiger partial charge < -0.3 is 5.11 Å². The van der Waals surface area contributed by atoms with Gasteiger partial charge in [0.2, 0.25) is 0 Å². The van der Waals surface area contributed by atoms with Crippen molar-refractivity contribution in [3.8, 4) is 11.4 Å². The molecule has 4 nitrogen and oxygen atoms in total. The van der Waals surface area contributed by atoms with Crippen LogP contribution in [-0.4, -0.2) is 21.0 Å². The molecular formula is C15H8ClFN2O2. The van der Waals surface area contributed by atoms with Gasteiger partial charge >= 0.3 is 5.97 Å². The highest BCUT2D eigenvalue weighted by molar-refractivity contribution is 6.31. The van der Waals surface area contributed by atoms with Gasteiger partial charge in [0.15, 0.2) is 5.82 Å². The number of hydrogen-bond acceptors (Lipinski definition) is 3. The van der Waals surface area contributed by atoms with Crippen LogP contribution in [0.1, 0.15) is 10.4 Å². The lowest BCUT2D eigenvalue weighted by Gasteiger charge is -2.07. The van der Waals surface area contributed by atoms with Gasteiger partial charge in [-0.15, -0.1) is 0 Å². The van der Waals surface area contributed by atoms with Crippen molar-refractivity contribution in [3.63, 3.8) is 0 Å². The largest absolute Gasteiger partial charge is 0.478 e. The number of pyridine rings is 2. The van der Waals surface area contributed by atoms with Crippen LogP contribution in [0.15, 0.2) is 42.6 Å². The maximum Gasteiger partial charge on any atom is 0.336 e. The molecule has 0 saturated carbocycles. The Labute approximate surface area is 123 Å². The van der Waals surface area contributed by atoms with Crippen LogP contribution in [0.25, 0.3) is 22.3 Å². The molecule has 2 aromatic heterocycles. The second kappa shape index (κ2) is 5.10. The molecule has 0 aliphatic heterocycles. The third kappa shape index (κ3) is 2.43. The molecule has 0 amide bonds. The van der Waals surface area contributed by atoms with E-state index in [-0.39, 0.29) is 21.5 Å². The van der Waals surface area contributed by atoms with Crippen LogP contribution in [0.4, 0.5) is 4.39 Å². The summed E-state index contributed by atoms with van der Waals surface area (Å²) in [7, 11) is 0. The number of hydrogen-bond donors (Lipinski definition) is 1. The number of aromatic carboxylic acids is 1. The van der Waals surface area contributed by atoms with E-state index in [0.717, 1.165) is 6.07 Å². The average Bonchev–Trinajstić information content (AvgIpc) is 2.47. The van der Waals surface area contributed by atoms with Crippen molar-refractivity contribution >= 4 is 28.5 Å². The number of carbonyl (C=O) groups is 1. The summed E-state index contributed by atoms with van der Waals surface area (Å²) in [6, 6.07) is 9.00. The second-order valence-corrected chi connectivity index (χ2v) is 4.80. The molecule has 0 radical (unpaired) electrons. The summed E-state index contributed by atoms with van der Waals surface area (Å²) in [6.45, 7) is 0. The molecule has 21 heavy (non-hydrogen) atoms. The van der Waals surface area contributed by atoms with Gasteiger partial charge in [0.05, 0.1) is 17.0 Å². The molecule has 3 aromatic rings. The zero-order valence-corrected chi connectivity index (χ0v) is 11.3. The van der Waals surface area contributed by atoms with Crippen molar-refractivity contribution in [2.45, 2.75) is 0 Å². The first-order valence-electron chi connectivity index (χ1n) is 6.01. The van der Waals surface area contributed by atoms with Crippen molar-refractivity contribution < 1.29 is 14.3 Å². The Hall–Kier alpha value is -2.53. The van der Waals surface area contributed by atoms with E-state index >= 15 is 0 Å². The second-order valence-electron chi connectivity index (χ2n) is 4.36. The van der Waals surface area contributed by atoms with E-state index < -0.39 is 11.8 Å². The summed E-state index contributed by atoms with van der Waals surface area (Å²) < 4.78 is 14.0. The molecule has 1 N–H and O–H groups in total. The van der Waals surface area contributed by atoms with Gasteiger partial charge in [0, 0.05) is 16.6 Å². The smallest absolute Gasteiger partial charge is 0.336 e. The molecule has 0 bridgehead atoms. The number of carboxylic acids is 1. The number of nitrogens with zero attached hydrogens (tertiary/aromatic N) is 2. The molecule has 6 heteroatoms. The fraction of sp³-hybridized carbons (Fsp3) is 0. The Kier molecular flexibility index (Phi) is 3.27. The maximum absolute atomic E-state index is 14.0. The van der Waals surface area contributed by atoms with Crippen LogP contribution in [0.2, 0.25) is 5.02 Å². The van der Waals surface area contributed by atoms with Gasteiger partial charge in [0.25, 0.3) is 0 Å². The summed E-state index contributed by atoms with van der Waals surface area (Å²) in [5, 5.41) is 9.60. The number of fused-ring (bicyclic) bond motifs is 1. The van der Waals surface area contributed by atoms with Gasteiger partial charge in [-0.25, -0.2) is 14.2 Å². The van der Waals surface area contributed by atoms with Crippen LogP contribution in [0.3, 0.4) is 0 Å². The van der Waals surface area contributed by atoms with Gasteiger partial charge in [0.1, 0.15) is 5.52 Å². The first-order chi connectivity index (χ1) is 10.1. The van der Waals surface area contributed by atoms with Crippen LogP contribution in [-0.2, 0) is 0 Å². The number of carboxylic acid groups (broad SMARTS) is 1. The first kappa shape index (κ1) is 13.5. The van der Waals surface area contributed by atoms with E-state index in [0.29, 0.717) is 11.4 Å². The topological polar surface area (TPSA) is 63.1 Å². The summed E-state index contributed by atoms with van der Waals surface area (Å²) in [6.07, 6.45) is 1.56. The highest BCUT2D eigenvalue weighted by Crippen LogP contribution is 2.28. The molecule has 104 valence electrons. The highest BCUT2D eigenvalue weighted by Gasteiger charge is 2.16. The number of halogens is 2. The average molecular weight is 303 g/mol. The highest BCUT2D eigenvalue weighted by atomic mass is 35.5. The van der Waals surface area contributed by atoms with Gasteiger partial charge in [-0.3, -0.25) is 4.98 Å². The third-order valence-electron chi connectivity index (χ3n) is 2.99. The predicted octanol–water partition coefficient (Wildman–Crippen LogP) is 3.79. The van der Waals surface area contributed by atoms with E-state index in [9.17, 15) is 14.3 Å². The van der Waals surface area contributed by atoms with Crippen molar-refractivity contribution in [1.82, 2.24) is 9.97 Å². The molecule has 0 spiro atoms. The molecule has 3 rings (SSSR count). The normalized spacial score (nSPS) is 10.8.